The topological polar surface area (TPSA) is 91.5 Å². The molecular formula is C20H23N7O2. The van der Waals surface area contributed by atoms with Crippen molar-refractivity contribution in [1.82, 2.24) is 15.0 Å². The molecule has 1 aliphatic rings. The maximum absolute atomic E-state index is 11.1. The van der Waals surface area contributed by atoms with Crippen LogP contribution in [-0.4, -0.2) is 60.1 Å². The third-order valence-corrected chi connectivity index (χ3v) is 5.19. The zero-order valence-electron chi connectivity index (χ0n) is 16.7. The van der Waals surface area contributed by atoms with E-state index in [1.807, 2.05) is 38.1 Å². The van der Waals surface area contributed by atoms with Crippen LogP contribution in [0, 0.1) is 17.0 Å². The number of nitro groups is 1. The molecule has 0 N–H and O–H groups in total. The van der Waals surface area contributed by atoms with Crippen LogP contribution in [0.25, 0.3) is 10.8 Å². The molecule has 3 aromatic rings. The third-order valence-electron chi connectivity index (χ3n) is 5.19. The Hall–Kier alpha value is -3.49. The summed E-state index contributed by atoms with van der Waals surface area (Å²) in [5.41, 5.74) is 1.03. The van der Waals surface area contributed by atoms with Gasteiger partial charge in [0.2, 0.25) is 5.95 Å². The molecular weight excluding hydrogens is 370 g/mol. The summed E-state index contributed by atoms with van der Waals surface area (Å²) >= 11 is 0. The summed E-state index contributed by atoms with van der Waals surface area (Å²) < 4.78 is 0. The highest BCUT2D eigenvalue weighted by Gasteiger charge is 2.22. The van der Waals surface area contributed by atoms with E-state index in [4.69, 9.17) is 0 Å². The Morgan fingerprint density at radius 1 is 1.03 bits per heavy atom. The van der Waals surface area contributed by atoms with Crippen LogP contribution >= 0.6 is 0 Å². The number of hydrogen-bond donors (Lipinski definition) is 0. The minimum Gasteiger partial charge on any atom is -0.353 e. The quantitative estimate of drug-likeness (QED) is 0.493. The highest BCUT2D eigenvalue weighted by molar-refractivity contribution is 5.95. The number of non-ortho nitro benzene ring substituents is 1. The van der Waals surface area contributed by atoms with Crippen molar-refractivity contribution in [3.63, 3.8) is 0 Å². The Balaban J connectivity index is 1.57. The highest BCUT2D eigenvalue weighted by atomic mass is 16.6. The zero-order chi connectivity index (χ0) is 20.5. The third kappa shape index (κ3) is 3.63. The van der Waals surface area contributed by atoms with Crippen LogP contribution in [0.5, 0.6) is 0 Å². The van der Waals surface area contributed by atoms with Crippen LogP contribution in [-0.2, 0) is 0 Å². The van der Waals surface area contributed by atoms with E-state index in [0.717, 1.165) is 54.2 Å². The van der Waals surface area contributed by atoms with Gasteiger partial charge in [-0.3, -0.25) is 10.1 Å². The van der Waals surface area contributed by atoms with E-state index in [1.165, 1.54) is 0 Å². The molecule has 0 amide bonds. The molecule has 0 saturated carbocycles. The number of piperazine rings is 1. The molecule has 1 fully saturated rings. The fourth-order valence-electron chi connectivity index (χ4n) is 3.59. The van der Waals surface area contributed by atoms with Crippen molar-refractivity contribution in [2.24, 2.45) is 0 Å². The minimum atomic E-state index is -0.360. The monoisotopic (exact) mass is 393 g/mol. The standard InChI is InChI=1S/C20H23N7O2/c1-14-13-22-19(16-5-4-15(27(28)29)12-17(14)16)26-10-8-25(9-11-26)18-6-7-21-20(23-18)24(2)3/h4-7,12-13H,8-11H2,1-3H3. The lowest BCUT2D eigenvalue weighted by Crippen LogP contribution is -2.47. The largest absolute Gasteiger partial charge is 0.353 e. The molecule has 150 valence electrons. The van der Waals surface area contributed by atoms with Crippen LogP contribution in [0.15, 0.2) is 36.7 Å². The van der Waals surface area contributed by atoms with Crippen molar-refractivity contribution in [3.05, 3.63) is 52.3 Å². The lowest BCUT2D eigenvalue weighted by molar-refractivity contribution is -0.384. The first-order valence-electron chi connectivity index (χ1n) is 9.48. The van der Waals surface area contributed by atoms with Gasteiger partial charge in [-0.2, -0.15) is 4.98 Å². The first-order chi connectivity index (χ1) is 13.9. The Morgan fingerprint density at radius 3 is 2.45 bits per heavy atom. The van der Waals surface area contributed by atoms with Crippen molar-refractivity contribution < 1.29 is 4.92 Å². The van der Waals surface area contributed by atoms with Gasteiger partial charge in [-0.25, -0.2) is 9.97 Å². The Kier molecular flexibility index (Phi) is 4.87. The van der Waals surface area contributed by atoms with E-state index in [1.54, 1.807) is 24.5 Å². The van der Waals surface area contributed by atoms with Gasteiger partial charge in [0.05, 0.1) is 4.92 Å². The summed E-state index contributed by atoms with van der Waals surface area (Å²) in [4.78, 5) is 30.7. The maximum atomic E-state index is 11.1. The molecule has 4 rings (SSSR count). The van der Waals surface area contributed by atoms with Crippen LogP contribution in [0.3, 0.4) is 0 Å². The average Bonchev–Trinajstić information content (AvgIpc) is 2.74. The van der Waals surface area contributed by atoms with Gasteiger partial charge in [0.1, 0.15) is 11.6 Å². The molecule has 0 unspecified atom stereocenters. The molecule has 1 saturated heterocycles. The molecule has 0 aliphatic carbocycles. The fraction of sp³-hybridized carbons (Fsp3) is 0.350. The zero-order valence-corrected chi connectivity index (χ0v) is 16.7. The Morgan fingerprint density at radius 2 is 1.76 bits per heavy atom. The van der Waals surface area contributed by atoms with Gasteiger partial charge >= 0.3 is 0 Å². The van der Waals surface area contributed by atoms with Gasteiger partial charge < -0.3 is 14.7 Å². The van der Waals surface area contributed by atoms with Crippen LogP contribution in [0.2, 0.25) is 0 Å². The van der Waals surface area contributed by atoms with Gasteiger partial charge in [-0.1, -0.05) is 0 Å². The van der Waals surface area contributed by atoms with Crippen LogP contribution in [0.4, 0.5) is 23.3 Å². The molecule has 29 heavy (non-hydrogen) atoms. The van der Waals surface area contributed by atoms with Crippen molar-refractivity contribution in [1.29, 1.82) is 0 Å². The smallest absolute Gasteiger partial charge is 0.270 e. The number of fused-ring (bicyclic) bond motifs is 1. The molecule has 3 heterocycles. The van der Waals surface area contributed by atoms with Crippen LogP contribution < -0.4 is 14.7 Å². The first kappa shape index (κ1) is 18.9. The van der Waals surface area contributed by atoms with E-state index < -0.39 is 0 Å². The van der Waals surface area contributed by atoms with Crippen molar-refractivity contribution in [3.8, 4) is 0 Å². The molecule has 0 spiro atoms. The molecule has 1 aliphatic heterocycles. The highest BCUT2D eigenvalue weighted by Crippen LogP contribution is 2.31. The summed E-state index contributed by atoms with van der Waals surface area (Å²) in [6.45, 7) is 5.15. The summed E-state index contributed by atoms with van der Waals surface area (Å²) in [5, 5.41) is 13.0. The maximum Gasteiger partial charge on any atom is 0.270 e. The van der Waals surface area contributed by atoms with Crippen molar-refractivity contribution >= 4 is 34.0 Å². The summed E-state index contributed by atoms with van der Waals surface area (Å²) in [6.07, 6.45) is 3.58. The van der Waals surface area contributed by atoms with E-state index in [0.29, 0.717) is 5.95 Å². The summed E-state index contributed by atoms with van der Waals surface area (Å²) in [7, 11) is 3.85. The van der Waals surface area contributed by atoms with Gasteiger partial charge in [0.15, 0.2) is 0 Å². The van der Waals surface area contributed by atoms with Crippen LogP contribution in [0.1, 0.15) is 5.56 Å². The second-order valence-corrected chi connectivity index (χ2v) is 7.34. The second-order valence-electron chi connectivity index (χ2n) is 7.34. The average molecular weight is 393 g/mol. The van der Waals surface area contributed by atoms with E-state index >= 15 is 0 Å². The molecule has 9 nitrogen and oxygen atoms in total. The second kappa shape index (κ2) is 7.50. The van der Waals surface area contributed by atoms with Gasteiger partial charge in [0, 0.05) is 70.2 Å². The van der Waals surface area contributed by atoms with Gasteiger partial charge in [0.25, 0.3) is 5.69 Å². The Bertz CT molecular complexity index is 1060. The number of aromatic nitrogens is 3. The number of benzene rings is 1. The number of nitrogens with zero attached hydrogens (tertiary/aromatic N) is 7. The summed E-state index contributed by atoms with van der Waals surface area (Å²) in [5.74, 6) is 2.48. The lowest BCUT2D eigenvalue weighted by Gasteiger charge is -2.36. The molecule has 2 aromatic heterocycles. The molecule has 1 aromatic carbocycles. The lowest BCUT2D eigenvalue weighted by atomic mass is 10.1. The van der Waals surface area contributed by atoms with Crippen molar-refractivity contribution in [2.45, 2.75) is 6.92 Å². The fourth-order valence-corrected chi connectivity index (χ4v) is 3.59. The molecule has 0 bridgehead atoms. The number of nitro benzene ring substituents is 1. The van der Waals surface area contributed by atoms with E-state index in [9.17, 15) is 10.1 Å². The van der Waals surface area contributed by atoms with Gasteiger partial charge in [-0.05, 0) is 30.0 Å². The number of anilines is 3. The van der Waals surface area contributed by atoms with E-state index in [-0.39, 0.29) is 10.6 Å². The number of aryl methyl sites for hydroxylation is 1. The number of pyridine rings is 1. The normalized spacial score (nSPS) is 14.3. The van der Waals surface area contributed by atoms with Gasteiger partial charge in [-0.15, -0.1) is 0 Å². The number of hydrogen-bond acceptors (Lipinski definition) is 8. The number of rotatable bonds is 4. The predicted octanol–water partition coefficient (Wildman–Crippen LogP) is 2.63. The molecule has 0 atom stereocenters. The molecule has 0 radical (unpaired) electrons. The Labute approximate surface area is 168 Å². The SMILES string of the molecule is Cc1cnc(N2CCN(c3ccnc(N(C)C)n3)CC2)c2ccc([N+](=O)[O-])cc12. The van der Waals surface area contributed by atoms with Crippen molar-refractivity contribution in [2.75, 3.05) is 55.0 Å². The first-order valence-corrected chi connectivity index (χ1v) is 9.48. The predicted molar refractivity (Wildman–Crippen MR) is 114 cm³/mol. The minimum absolute atomic E-state index is 0.100. The summed E-state index contributed by atoms with van der Waals surface area (Å²) in [6, 6.07) is 6.92. The molecule has 9 heteroatoms. The van der Waals surface area contributed by atoms with E-state index in [2.05, 4.69) is 24.8 Å².